The topological polar surface area (TPSA) is 65.8 Å². The van der Waals surface area contributed by atoms with Crippen LogP contribution in [0.2, 0.25) is 0 Å². The largest absolute Gasteiger partial charge is 0.340 e. The van der Waals surface area contributed by atoms with Crippen molar-refractivity contribution in [3.63, 3.8) is 0 Å². The Kier molecular flexibility index (Phi) is 7.31. The number of piperazine rings is 1. The summed E-state index contributed by atoms with van der Waals surface area (Å²) in [5, 5.41) is 4.27. The van der Waals surface area contributed by atoms with E-state index < -0.39 is 0 Å². The molecule has 3 aromatic rings. The summed E-state index contributed by atoms with van der Waals surface area (Å²) >= 11 is 0. The van der Waals surface area contributed by atoms with Crippen LogP contribution in [0.1, 0.15) is 57.6 Å². The first-order chi connectivity index (χ1) is 20.7. The van der Waals surface area contributed by atoms with E-state index in [1.807, 2.05) is 31.2 Å². The van der Waals surface area contributed by atoms with Crippen LogP contribution in [0.4, 0.5) is 10.1 Å². The lowest BCUT2D eigenvalue weighted by Crippen LogP contribution is -2.57. The zero-order valence-electron chi connectivity index (χ0n) is 26.0. The van der Waals surface area contributed by atoms with Gasteiger partial charge in [0.2, 0.25) is 0 Å². The molecule has 5 atom stereocenters. The summed E-state index contributed by atoms with van der Waals surface area (Å²) in [6, 6.07) is 12.0. The Morgan fingerprint density at radius 2 is 2.00 bits per heavy atom. The molecule has 8 heteroatoms. The van der Waals surface area contributed by atoms with Crippen LogP contribution in [0.5, 0.6) is 0 Å². The van der Waals surface area contributed by atoms with E-state index in [-0.39, 0.29) is 11.4 Å². The van der Waals surface area contributed by atoms with Crippen LogP contribution in [0.15, 0.2) is 52.5 Å². The van der Waals surface area contributed by atoms with E-state index in [0.717, 1.165) is 55.1 Å². The number of aryl methyl sites for hydroxylation is 3. The fourth-order valence-electron chi connectivity index (χ4n) is 8.45. The van der Waals surface area contributed by atoms with Gasteiger partial charge < -0.3 is 10.2 Å². The zero-order chi connectivity index (χ0) is 29.9. The van der Waals surface area contributed by atoms with Gasteiger partial charge in [-0.3, -0.25) is 14.3 Å². The minimum absolute atomic E-state index is 0.104. The highest BCUT2D eigenvalue weighted by atomic mass is 19.1. The van der Waals surface area contributed by atoms with Crippen molar-refractivity contribution < 1.29 is 4.39 Å². The Morgan fingerprint density at radius 1 is 1.14 bits per heavy atom. The van der Waals surface area contributed by atoms with E-state index >= 15 is 0 Å². The Labute approximate surface area is 254 Å². The van der Waals surface area contributed by atoms with E-state index in [1.165, 1.54) is 31.9 Å². The molecular weight excluding hydrogens is 539 g/mol. The van der Waals surface area contributed by atoms with E-state index in [0.29, 0.717) is 52.8 Å². The van der Waals surface area contributed by atoms with Crippen LogP contribution in [0.25, 0.3) is 10.9 Å². The maximum Gasteiger partial charge on any atom is 0.261 e. The average Bonchev–Trinajstić information content (AvgIpc) is 3.46. The number of fused-ring (bicyclic) bond motifs is 4. The third-order valence-corrected chi connectivity index (χ3v) is 11.4. The van der Waals surface area contributed by atoms with Gasteiger partial charge in [-0.15, -0.1) is 0 Å². The minimum atomic E-state index is -0.229. The average molecular weight is 585 g/mol. The van der Waals surface area contributed by atoms with Crippen molar-refractivity contribution >= 4 is 22.5 Å². The quantitative estimate of drug-likeness (QED) is 0.308. The standard InChI is InChI=1S/C35H45FN6O/c1-22-7-8-24(30(36)16-22)11-13-42-21-37-32-19-26(9-10-28(32)33(42)43)38-34(41-15-14-40-12-5-6-27(40)20-41)39-31-18-25-17-29(23(31)2)35(25,3)4/h7-10,16,19,21,23,25,27,29,31H,5-6,11-15,17-18,20H2,1-4H3,(H,38,39)/t23-,25-,27+,29+,31-/m0/s1. The lowest BCUT2D eigenvalue weighted by atomic mass is 9.45. The molecular formula is C35H45FN6O. The highest BCUT2D eigenvalue weighted by Crippen LogP contribution is 2.61. The minimum Gasteiger partial charge on any atom is -0.340 e. The molecule has 2 aromatic carbocycles. The second kappa shape index (κ2) is 11.0. The number of anilines is 1. The number of rotatable bonds is 5. The number of nitrogens with one attached hydrogen (secondary N) is 1. The molecule has 0 spiro atoms. The van der Waals surface area contributed by atoms with Gasteiger partial charge in [0.25, 0.3) is 5.56 Å². The number of hydrogen-bond acceptors (Lipinski definition) is 4. The SMILES string of the molecule is Cc1ccc(CCn2cnc3cc(N/C(=N/[C@H]4C[C@@H]5C[C@H]([C@@H]4C)C5(C)C)N4CCN5CCC[C@@H]5C4)ccc3c2=O)c(F)c1. The fourth-order valence-corrected chi connectivity index (χ4v) is 8.45. The van der Waals surface area contributed by atoms with Crippen molar-refractivity contribution in [1.29, 1.82) is 0 Å². The second-order valence-electron chi connectivity index (χ2n) is 14.2. The van der Waals surface area contributed by atoms with Gasteiger partial charge in [0.1, 0.15) is 5.82 Å². The van der Waals surface area contributed by atoms with Gasteiger partial charge in [-0.05, 0) is 104 Å². The third-order valence-electron chi connectivity index (χ3n) is 11.4. The summed E-state index contributed by atoms with van der Waals surface area (Å²) in [6.45, 7) is 13.8. The van der Waals surface area contributed by atoms with Crippen molar-refractivity contribution in [2.75, 3.05) is 31.5 Å². The number of hydrogen-bond donors (Lipinski definition) is 1. The normalized spacial score (nSPS) is 28.5. The Hall–Kier alpha value is -3.26. The zero-order valence-corrected chi connectivity index (χ0v) is 26.0. The number of nitrogens with zero attached hydrogens (tertiary/aromatic N) is 5. The van der Waals surface area contributed by atoms with Crippen LogP contribution in [0.3, 0.4) is 0 Å². The molecule has 8 rings (SSSR count). The number of aromatic nitrogens is 2. The van der Waals surface area contributed by atoms with E-state index in [1.54, 1.807) is 17.0 Å². The molecule has 0 radical (unpaired) electrons. The van der Waals surface area contributed by atoms with Crippen LogP contribution in [-0.4, -0.2) is 63.6 Å². The predicted molar refractivity (Wildman–Crippen MR) is 171 cm³/mol. The molecule has 5 fully saturated rings. The Balaban J connectivity index is 1.13. The van der Waals surface area contributed by atoms with Gasteiger partial charge >= 0.3 is 0 Å². The first-order valence-corrected chi connectivity index (χ1v) is 16.3. The summed E-state index contributed by atoms with van der Waals surface area (Å²) in [5.41, 5.74) is 3.38. The van der Waals surface area contributed by atoms with E-state index in [4.69, 9.17) is 4.99 Å². The number of aliphatic imine (C=N–C) groups is 1. The van der Waals surface area contributed by atoms with Crippen LogP contribution in [-0.2, 0) is 13.0 Å². The van der Waals surface area contributed by atoms with Crippen molar-refractivity contribution in [3.05, 3.63) is 70.0 Å². The van der Waals surface area contributed by atoms with Crippen molar-refractivity contribution in [2.24, 2.45) is 28.2 Å². The summed E-state index contributed by atoms with van der Waals surface area (Å²) in [4.78, 5) is 28.5. The Morgan fingerprint density at radius 3 is 2.79 bits per heavy atom. The third kappa shape index (κ3) is 5.26. The smallest absolute Gasteiger partial charge is 0.261 e. The fraction of sp³-hybridized carbons (Fsp3) is 0.571. The molecule has 3 heterocycles. The number of halogens is 1. The summed E-state index contributed by atoms with van der Waals surface area (Å²) in [5.74, 6) is 2.80. The van der Waals surface area contributed by atoms with E-state index in [2.05, 4.69) is 40.9 Å². The molecule has 7 nitrogen and oxygen atoms in total. The summed E-state index contributed by atoms with van der Waals surface area (Å²) in [6.07, 6.45) is 7.06. The van der Waals surface area contributed by atoms with Gasteiger partial charge in [-0.1, -0.05) is 32.9 Å². The van der Waals surface area contributed by atoms with Crippen molar-refractivity contribution in [2.45, 2.75) is 78.4 Å². The lowest BCUT2D eigenvalue weighted by molar-refractivity contribution is -0.108. The molecule has 228 valence electrons. The van der Waals surface area contributed by atoms with Gasteiger partial charge in [-0.2, -0.15) is 0 Å². The molecule has 43 heavy (non-hydrogen) atoms. The number of benzene rings is 2. The molecule has 5 aliphatic rings. The molecule has 3 aliphatic carbocycles. The summed E-state index contributed by atoms with van der Waals surface area (Å²) in [7, 11) is 0. The van der Waals surface area contributed by atoms with Crippen molar-refractivity contribution in [3.8, 4) is 0 Å². The molecule has 2 aliphatic heterocycles. The highest BCUT2D eigenvalue weighted by molar-refractivity contribution is 5.96. The predicted octanol–water partition coefficient (Wildman–Crippen LogP) is 5.71. The van der Waals surface area contributed by atoms with Crippen LogP contribution < -0.4 is 10.9 Å². The molecule has 2 bridgehead atoms. The van der Waals surface area contributed by atoms with E-state index in [9.17, 15) is 9.18 Å². The van der Waals surface area contributed by atoms with Gasteiger partial charge in [-0.25, -0.2) is 14.4 Å². The molecule has 3 saturated carbocycles. The Bertz CT molecular complexity index is 1610. The number of guanidine groups is 1. The van der Waals surface area contributed by atoms with Crippen LogP contribution >= 0.6 is 0 Å². The summed E-state index contributed by atoms with van der Waals surface area (Å²) < 4.78 is 15.9. The molecule has 2 saturated heterocycles. The maximum absolute atomic E-state index is 14.4. The molecule has 1 aromatic heterocycles. The first kappa shape index (κ1) is 28.5. The van der Waals surface area contributed by atoms with Gasteiger partial charge in [0.05, 0.1) is 23.3 Å². The highest BCUT2D eigenvalue weighted by Gasteiger charge is 2.56. The maximum atomic E-state index is 14.4. The lowest BCUT2D eigenvalue weighted by Gasteiger charge is -2.61. The van der Waals surface area contributed by atoms with Gasteiger partial charge in [0.15, 0.2) is 5.96 Å². The monoisotopic (exact) mass is 584 g/mol. The molecule has 0 amide bonds. The second-order valence-corrected chi connectivity index (χ2v) is 14.2. The molecule has 0 unspecified atom stereocenters. The van der Waals surface area contributed by atoms with Gasteiger partial charge in [0, 0.05) is 37.9 Å². The molecule has 1 N–H and O–H groups in total. The first-order valence-electron chi connectivity index (χ1n) is 16.3. The van der Waals surface area contributed by atoms with Crippen molar-refractivity contribution in [1.82, 2.24) is 19.4 Å². The van der Waals surface area contributed by atoms with Crippen LogP contribution in [0, 0.1) is 35.9 Å².